The monoisotopic (exact) mass is 234 g/mol. The van der Waals surface area contributed by atoms with Crippen LogP contribution in [0.15, 0.2) is 18.5 Å². The molecular weight excluding hydrogens is 216 g/mol. The molecule has 1 aromatic rings. The van der Waals surface area contributed by atoms with Crippen LogP contribution in [0, 0.1) is 0 Å². The molecule has 92 valence electrons. The van der Waals surface area contributed by atoms with E-state index in [0.717, 1.165) is 17.7 Å². The Hall–Kier alpha value is -1.58. The van der Waals surface area contributed by atoms with Crippen LogP contribution >= 0.6 is 0 Å². The number of nitrogens with zero attached hydrogens (tertiary/aromatic N) is 2. The number of carbonyl (C=O) groups is 1. The second kappa shape index (κ2) is 4.02. The largest absolute Gasteiger partial charge is 0.443 e. The molecule has 1 amide bonds. The first-order chi connectivity index (χ1) is 7.88. The molecule has 1 aliphatic heterocycles. The van der Waals surface area contributed by atoms with E-state index in [-0.39, 0.29) is 12.1 Å². The summed E-state index contributed by atoms with van der Waals surface area (Å²) in [6.45, 7) is 7.63. The van der Waals surface area contributed by atoms with Gasteiger partial charge in [0.1, 0.15) is 5.60 Å². The SMILES string of the molecule is C[C@@H]1Cc2ccncc2N1C(=O)OC(C)(C)C. The maximum absolute atomic E-state index is 12.1. The summed E-state index contributed by atoms with van der Waals surface area (Å²) < 4.78 is 5.41. The number of fused-ring (bicyclic) bond motifs is 1. The molecule has 4 heteroatoms. The van der Waals surface area contributed by atoms with E-state index in [0.29, 0.717) is 0 Å². The van der Waals surface area contributed by atoms with Crippen molar-refractivity contribution in [1.29, 1.82) is 0 Å². The summed E-state index contributed by atoms with van der Waals surface area (Å²) in [4.78, 5) is 17.9. The van der Waals surface area contributed by atoms with Gasteiger partial charge in [0.05, 0.1) is 11.9 Å². The predicted molar refractivity (Wildman–Crippen MR) is 66.1 cm³/mol. The van der Waals surface area contributed by atoms with Crippen LogP contribution in [-0.4, -0.2) is 22.7 Å². The number of carbonyl (C=O) groups excluding carboxylic acids is 1. The Bertz CT molecular complexity index is 437. The number of ether oxygens (including phenoxy) is 1. The molecule has 0 aliphatic carbocycles. The molecule has 2 heterocycles. The summed E-state index contributed by atoms with van der Waals surface area (Å²) in [5.74, 6) is 0. The van der Waals surface area contributed by atoms with Crippen LogP contribution in [0.3, 0.4) is 0 Å². The number of anilines is 1. The Kier molecular flexibility index (Phi) is 2.81. The van der Waals surface area contributed by atoms with Gasteiger partial charge in [-0.15, -0.1) is 0 Å². The van der Waals surface area contributed by atoms with Crippen LogP contribution in [0.1, 0.15) is 33.3 Å². The highest BCUT2D eigenvalue weighted by Crippen LogP contribution is 2.32. The lowest BCUT2D eigenvalue weighted by Gasteiger charge is -2.27. The van der Waals surface area contributed by atoms with Crippen molar-refractivity contribution in [3.63, 3.8) is 0 Å². The average molecular weight is 234 g/mol. The number of hydrogen-bond acceptors (Lipinski definition) is 3. The molecule has 0 saturated heterocycles. The molecule has 0 bridgehead atoms. The van der Waals surface area contributed by atoms with Crippen molar-refractivity contribution in [3.8, 4) is 0 Å². The first-order valence-corrected chi connectivity index (χ1v) is 5.83. The minimum atomic E-state index is -0.470. The van der Waals surface area contributed by atoms with Gasteiger partial charge >= 0.3 is 6.09 Å². The number of hydrogen-bond donors (Lipinski definition) is 0. The highest BCUT2D eigenvalue weighted by Gasteiger charge is 2.33. The number of amides is 1. The van der Waals surface area contributed by atoms with Gasteiger partial charge in [-0.2, -0.15) is 0 Å². The van der Waals surface area contributed by atoms with Crippen LogP contribution < -0.4 is 4.90 Å². The number of pyridine rings is 1. The molecule has 0 fully saturated rings. The molecule has 0 aromatic carbocycles. The van der Waals surface area contributed by atoms with Gasteiger partial charge in [-0.25, -0.2) is 4.79 Å². The van der Waals surface area contributed by atoms with Gasteiger partial charge in [0.25, 0.3) is 0 Å². The van der Waals surface area contributed by atoms with Crippen molar-refractivity contribution in [2.24, 2.45) is 0 Å². The average Bonchev–Trinajstić information content (AvgIpc) is 2.50. The van der Waals surface area contributed by atoms with Crippen LogP contribution in [0.5, 0.6) is 0 Å². The van der Waals surface area contributed by atoms with Crippen LogP contribution in [-0.2, 0) is 11.2 Å². The van der Waals surface area contributed by atoms with E-state index in [4.69, 9.17) is 4.74 Å². The fourth-order valence-corrected chi connectivity index (χ4v) is 2.04. The molecule has 0 spiro atoms. The fourth-order valence-electron chi connectivity index (χ4n) is 2.04. The Labute approximate surface area is 102 Å². The van der Waals surface area contributed by atoms with Crippen molar-refractivity contribution in [2.45, 2.75) is 45.8 Å². The maximum Gasteiger partial charge on any atom is 0.415 e. The van der Waals surface area contributed by atoms with Gasteiger partial charge in [-0.1, -0.05) is 0 Å². The molecule has 1 aromatic heterocycles. The Morgan fingerprint density at radius 1 is 1.53 bits per heavy atom. The lowest BCUT2D eigenvalue weighted by molar-refractivity contribution is 0.0572. The summed E-state index contributed by atoms with van der Waals surface area (Å²) in [7, 11) is 0. The lowest BCUT2D eigenvalue weighted by Crippen LogP contribution is -2.40. The molecule has 4 nitrogen and oxygen atoms in total. The topological polar surface area (TPSA) is 42.4 Å². The van der Waals surface area contributed by atoms with E-state index in [2.05, 4.69) is 4.98 Å². The minimum absolute atomic E-state index is 0.129. The zero-order valence-corrected chi connectivity index (χ0v) is 10.7. The Balaban J connectivity index is 2.25. The predicted octanol–water partition coefficient (Wildman–Crippen LogP) is 2.77. The molecule has 17 heavy (non-hydrogen) atoms. The van der Waals surface area contributed by atoms with Gasteiger partial charge in [0.2, 0.25) is 0 Å². The van der Waals surface area contributed by atoms with Crippen molar-refractivity contribution < 1.29 is 9.53 Å². The Morgan fingerprint density at radius 2 is 2.24 bits per heavy atom. The molecule has 1 atom stereocenters. The summed E-state index contributed by atoms with van der Waals surface area (Å²) >= 11 is 0. The smallest absolute Gasteiger partial charge is 0.415 e. The highest BCUT2D eigenvalue weighted by molar-refractivity contribution is 5.91. The summed E-state index contributed by atoms with van der Waals surface area (Å²) in [5, 5.41) is 0. The molecule has 0 unspecified atom stereocenters. The van der Waals surface area contributed by atoms with Crippen molar-refractivity contribution in [2.75, 3.05) is 4.90 Å². The van der Waals surface area contributed by atoms with Crippen LogP contribution in [0.2, 0.25) is 0 Å². The fraction of sp³-hybridized carbons (Fsp3) is 0.538. The van der Waals surface area contributed by atoms with Gasteiger partial charge in [0, 0.05) is 12.2 Å². The van der Waals surface area contributed by atoms with E-state index >= 15 is 0 Å². The number of rotatable bonds is 0. The quantitative estimate of drug-likeness (QED) is 0.693. The normalized spacial score (nSPS) is 19.1. The van der Waals surface area contributed by atoms with E-state index in [9.17, 15) is 4.79 Å². The third-order valence-electron chi connectivity index (χ3n) is 2.69. The van der Waals surface area contributed by atoms with E-state index in [1.165, 1.54) is 0 Å². The van der Waals surface area contributed by atoms with Crippen LogP contribution in [0.25, 0.3) is 0 Å². The van der Waals surface area contributed by atoms with Crippen LogP contribution in [0.4, 0.5) is 10.5 Å². The van der Waals surface area contributed by atoms with Crippen molar-refractivity contribution >= 4 is 11.8 Å². The van der Waals surface area contributed by atoms with Gasteiger partial charge < -0.3 is 4.74 Å². The lowest BCUT2D eigenvalue weighted by atomic mass is 10.2. The highest BCUT2D eigenvalue weighted by atomic mass is 16.6. The van der Waals surface area contributed by atoms with E-state index in [1.807, 2.05) is 33.8 Å². The van der Waals surface area contributed by atoms with Gasteiger partial charge in [0.15, 0.2) is 0 Å². The first-order valence-electron chi connectivity index (χ1n) is 5.83. The third kappa shape index (κ3) is 2.40. The Morgan fingerprint density at radius 3 is 2.88 bits per heavy atom. The zero-order valence-electron chi connectivity index (χ0n) is 10.7. The zero-order chi connectivity index (χ0) is 12.6. The summed E-state index contributed by atoms with van der Waals surface area (Å²) in [6, 6.07) is 2.08. The van der Waals surface area contributed by atoms with Crippen molar-refractivity contribution in [1.82, 2.24) is 4.98 Å². The van der Waals surface area contributed by atoms with Gasteiger partial charge in [-0.05, 0) is 45.7 Å². The van der Waals surface area contributed by atoms with E-state index < -0.39 is 5.60 Å². The molecule has 0 radical (unpaired) electrons. The molecule has 1 aliphatic rings. The molecule has 0 N–H and O–H groups in total. The number of aromatic nitrogens is 1. The third-order valence-corrected chi connectivity index (χ3v) is 2.69. The maximum atomic E-state index is 12.1. The van der Waals surface area contributed by atoms with E-state index in [1.54, 1.807) is 17.3 Å². The second-order valence-corrected chi connectivity index (χ2v) is 5.41. The molecule has 2 rings (SSSR count). The van der Waals surface area contributed by atoms with Gasteiger partial charge in [-0.3, -0.25) is 9.88 Å². The molecular formula is C13H18N2O2. The standard InChI is InChI=1S/C13H18N2O2/c1-9-7-10-5-6-14-8-11(10)15(9)12(16)17-13(2,3)4/h5-6,8-9H,7H2,1-4H3/t9-/m1/s1. The molecule has 0 saturated carbocycles. The second-order valence-electron chi connectivity index (χ2n) is 5.41. The van der Waals surface area contributed by atoms with Crippen molar-refractivity contribution in [3.05, 3.63) is 24.0 Å². The summed E-state index contributed by atoms with van der Waals surface area (Å²) in [6.07, 6.45) is 4.04. The summed E-state index contributed by atoms with van der Waals surface area (Å²) in [5.41, 5.74) is 1.55. The first kappa shape index (κ1) is 11.9. The minimum Gasteiger partial charge on any atom is -0.443 e.